The van der Waals surface area contributed by atoms with E-state index in [0.717, 1.165) is 22.8 Å². The summed E-state index contributed by atoms with van der Waals surface area (Å²) in [6, 6.07) is 29.6. The Labute approximate surface area is 283 Å². The van der Waals surface area contributed by atoms with Crippen molar-refractivity contribution in [1.29, 1.82) is 0 Å². The molecule has 7 rings (SSSR count). The van der Waals surface area contributed by atoms with Gasteiger partial charge < -0.3 is 15.2 Å². The van der Waals surface area contributed by atoms with Gasteiger partial charge >= 0.3 is 0 Å². The zero-order valence-electron chi connectivity index (χ0n) is 26.8. The van der Waals surface area contributed by atoms with Crippen LogP contribution < -0.4 is 5.43 Å². The van der Waals surface area contributed by atoms with Crippen molar-refractivity contribution in [3.8, 4) is 11.5 Å². The third-order valence-electron chi connectivity index (χ3n) is 8.37. The molecule has 0 radical (unpaired) electrons. The van der Waals surface area contributed by atoms with Crippen molar-refractivity contribution in [1.82, 2.24) is 34.7 Å². The van der Waals surface area contributed by atoms with Crippen molar-refractivity contribution in [2.24, 2.45) is 0 Å². The van der Waals surface area contributed by atoms with E-state index in [1.54, 1.807) is 49.1 Å². The summed E-state index contributed by atoms with van der Waals surface area (Å²) in [5.74, 6) is 0.0655. The molecule has 0 amide bonds. The molecule has 10 heteroatoms. The van der Waals surface area contributed by atoms with Crippen LogP contribution in [0.5, 0.6) is 11.5 Å². The number of phenols is 2. The normalized spacial score (nSPS) is 11.6. The molecule has 10 nitrogen and oxygen atoms in total. The van der Waals surface area contributed by atoms with E-state index in [0.29, 0.717) is 72.2 Å². The first-order valence-electron chi connectivity index (χ1n) is 16.1. The number of nitrogens with zero attached hydrogens (tertiary/aromatic N) is 6. The van der Waals surface area contributed by atoms with Crippen LogP contribution in [0.3, 0.4) is 0 Å². The Balaban J connectivity index is 1.31. The maximum atomic E-state index is 14.7. The van der Waals surface area contributed by atoms with E-state index in [4.69, 9.17) is 0 Å². The minimum absolute atomic E-state index is 0.0328. The lowest BCUT2D eigenvalue weighted by Gasteiger charge is -2.24. The van der Waals surface area contributed by atoms with Gasteiger partial charge in [-0.15, -0.1) is 0 Å². The number of aromatic nitrogens is 5. The number of nitrogens with one attached hydrogen (secondary N) is 1. The van der Waals surface area contributed by atoms with Crippen LogP contribution in [0.25, 0.3) is 21.8 Å². The highest BCUT2D eigenvalue weighted by atomic mass is 16.3. The fourth-order valence-electron chi connectivity index (χ4n) is 6.32. The molecule has 7 aromatic rings. The molecule has 0 saturated carbocycles. The molecule has 2 aromatic carbocycles. The summed E-state index contributed by atoms with van der Waals surface area (Å²) in [7, 11) is 0. The minimum Gasteiger partial charge on any atom is -0.508 e. The number of aromatic amines is 1. The van der Waals surface area contributed by atoms with E-state index in [1.165, 1.54) is 0 Å². The molecule has 0 aliphatic rings. The van der Waals surface area contributed by atoms with Crippen LogP contribution in [0.1, 0.15) is 33.9 Å². The van der Waals surface area contributed by atoms with Crippen molar-refractivity contribution < 1.29 is 10.2 Å². The van der Waals surface area contributed by atoms with Crippen LogP contribution in [-0.2, 0) is 39.3 Å². The van der Waals surface area contributed by atoms with Crippen LogP contribution >= 0.6 is 0 Å². The SMILES string of the molecule is O=c1c2c(CN(Cc3ccccn3)Cc3ccccn3)cc(O)cc2[nH]c2cc(O)cc(CN(Cc3ccccn3)Cc3ccccn3)c12. The Morgan fingerprint density at radius 2 is 0.837 bits per heavy atom. The van der Waals surface area contributed by atoms with Crippen molar-refractivity contribution in [3.63, 3.8) is 0 Å². The third kappa shape index (κ3) is 7.62. The van der Waals surface area contributed by atoms with Crippen molar-refractivity contribution >= 4 is 21.8 Å². The third-order valence-corrected chi connectivity index (χ3v) is 8.37. The molecule has 0 spiro atoms. The lowest BCUT2D eigenvalue weighted by Crippen LogP contribution is -2.25. The average Bonchev–Trinajstić information content (AvgIpc) is 3.09. The van der Waals surface area contributed by atoms with Gasteiger partial charge in [-0.2, -0.15) is 0 Å². The smallest absolute Gasteiger partial charge is 0.197 e. The predicted octanol–water partition coefficient (Wildman–Crippen LogP) is 6.08. The lowest BCUT2D eigenvalue weighted by atomic mass is 10.00. The first kappa shape index (κ1) is 31.6. The second-order valence-corrected chi connectivity index (χ2v) is 12.1. The number of phenolic OH excluding ortho intramolecular Hbond substituents is 2. The van der Waals surface area contributed by atoms with Gasteiger partial charge in [0.2, 0.25) is 0 Å². The van der Waals surface area contributed by atoms with E-state index in [-0.39, 0.29) is 16.9 Å². The molecule has 0 atom stereocenters. The zero-order chi connectivity index (χ0) is 33.6. The van der Waals surface area contributed by atoms with Gasteiger partial charge in [0.25, 0.3) is 0 Å². The molecule has 0 saturated heterocycles. The predicted molar refractivity (Wildman–Crippen MR) is 188 cm³/mol. The van der Waals surface area contributed by atoms with Crippen molar-refractivity contribution in [2.45, 2.75) is 39.3 Å². The van der Waals surface area contributed by atoms with Gasteiger partial charge in [0, 0.05) is 76.2 Å². The van der Waals surface area contributed by atoms with Gasteiger partial charge in [0.05, 0.1) is 44.6 Å². The first-order valence-corrected chi connectivity index (χ1v) is 16.1. The quantitative estimate of drug-likeness (QED) is 0.135. The molecule has 0 aliphatic heterocycles. The van der Waals surface area contributed by atoms with Gasteiger partial charge in [-0.3, -0.25) is 34.5 Å². The number of pyridine rings is 5. The van der Waals surface area contributed by atoms with Crippen LogP contribution in [0.4, 0.5) is 0 Å². The number of benzene rings is 2. The Morgan fingerprint density at radius 1 is 0.490 bits per heavy atom. The van der Waals surface area contributed by atoms with E-state index >= 15 is 0 Å². The Hall–Kier alpha value is -5.97. The van der Waals surface area contributed by atoms with Gasteiger partial charge in [0.1, 0.15) is 11.5 Å². The zero-order valence-corrected chi connectivity index (χ0v) is 26.8. The molecule has 3 N–H and O–H groups in total. The molecule has 0 bridgehead atoms. The number of H-pyrrole nitrogens is 1. The summed E-state index contributed by atoms with van der Waals surface area (Å²) in [6.07, 6.45) is 7.04. The average molecular weight is 650 g/mol. The van der Waals surface area contributed by atoms with Gasteiger partial charge in [-0.05, 0) is 71.8 Å². The second kappa shape index (κ2) is 14.4. The van der Waals surface area contributed by atoms with Crippen LogP contribution in [0.2, 0.25) is 0 Å². The van der Waals surface area contributed by atoms with E-state index in [1.807, 2.05) is 72.8 Å². The highest BCUT2D eigenvalue weighted by molar-refractivity contribution is 5.96. The molecule has 5 heterocycles. The van der Waals surface area contributed by atoms with Gasteiger partial charge in [-0.25, -0.2) is 0 Å². The van der Waals surface area contributed by atoms with Crippen LogP contribution in [0, 0.1) is 0 Å². The molecule has 49 heavy (non-hydrogen) atoms. The Kier molecular flexibility index (Phi) is 9.31. The van der Waals surface area contributed by atoms with Gasteiger partial charge in [-0.1, -0.05) is 24.3 Å². The molecule has 0 fully saturated rings. The summed E-state index contributed by atoms with van der Waals surface area (Å²) >= 11 is 0. The highest BCUT2D eigenvalue weighted by Crippen LogP contribution is 2.30. The molecular formula is C39H35N7O3. The summed E-state index contributed by atoms with van der Waals surface area (Å²) < 4.78 is 0. The Bertz CT molecular complexity index is 1990. The number of aromatic hydroxyl groups is 2. The van der Waals surface area contributed by atoms with Gasteiger partial charge in [0.15, 0.2) is 5.43 Å². The number of rotatable bonds is 12. The van der Waals surface area contributed by atoms with Crippen molar-refractivity contribution in [3.05, 3.63) is 166 Å². The maximum Gasteiger partial charge on any atom is 0.197 e. The minimum atomic E-state index is -0.181. The van der Waals surface area contributed by atoms with Crippen molar-refractivity contribution in [2.75, 3.05) is 0 Å². The summed E-state index contributed by atoms with van der Waals surface area (Å²) in [5.41, 5.74) is 5.63. The summed E-state index contributed by atoms with van der Waals surface area (Å²) in [5, 5.41) is 22.6. The summed E-state index contributed by atoms with van der Waals surface area (Å²) in [4.78, 5) is 40.5. The lowest BCUT2D eigenvalue weighted by molar-refractivity contribution is 0.242. The van der Waals surface area contributed by atoms with Crippen LogP contribution in [0.15, 0.2) is 127 Å². The largest absolute Gasteiger partial charge is 0.508 e. The second-order valence-electron chi connectivity index (χ2n) is 12.1. The fraction of sp³-hybridized carbons (Fsp3) is 0.154. The number of hydrogen-bond donors (Lipinski definition) is 3. The van der Waals surface area contributed by atoms with E-state index in [2.05, 4.69) is 34.7 Å². The first-order chi connectivity index (χ1) is 24.0. The molecule has 5 aromatic heterocycles. The maximum absolute atomic E-state index is 14.7. The highest BCUT2D eigenvalue weighted by Gasteiger charge is 2.20. The number of hydrogen-bond acceptors (Lipinski definition) is 9. The summed E-state index contributed by atoms with van der Waals surface area (Å²) in [6.45, 7) is 2.74. The molecule has 244 valence electrons. The molecule has 0 unspecified atom stereocenters. The Morgan fingerprint density at radius 3 is 1.14 bits per heavy atom. The molecule has 0 aliphatic carbocycles. The van der Waals surface area contributed by atoms with Crippen LogP contribution in [-0.4, -0.2) is 44.9 Å². The number of fused-ring (bicyclic) bond motifs is 2. The molecular weight excluding hydrogens is 614 g/mol. The fourth-order valence-corrected chi connectivity index (χ4v) is 6.32. The van der Waals surface area contributed by atoms with E-state index < -0.39 is 0 Å². The topological polar surface area (TPSA) is 131 Å². The standard InChI is InChI=1S/C39H35N7O3/c47-33-17-27(21-45(23-29-9-1-5-13-40-29)24-30-10-2-6-14-41-30)37-35(19-33)44-36-20-34(48)18-28(38(36)39(37)49)22-46(25-31-11-3-7-15-42-31)26-32-12-4-8-16-43-32/h1-20,47-48H,21-26H2,(H,44,49). The monoisotopic (exact) mass is 649 g/mol. The van der Waals surface area contributed by atoms with E-state index in [9.17, 15) is 15.0 Å².